The first-order valence-electron chi connectivity index (χ1n) is 4.81. The Balaban J connectivity index is 2.27. The van der Waals surface area contributed by atoms with E-state index in [2.05, 4.69) is 21.6 Å². The van der Waals surface area contributed by atoms with Crippen molar-refractivity contribution in [2.24, 2.45) is 0 Å². The van der Waals surface area contributed by atoms with Crippen molar-refractivity contribution in [3.05, 3.63) is 16.7 Å². The number of hydrogen-bond donors (Lipinski definition) is 1. The zero-order valence-electron chi connectivity index (χ0n) is 7.92. The van der Waals surface area contributed by atoms with Crippen LogP contribution in [0.2, 0.25) is 0 Å². The lowest BCUT2D eigenvalue weighted by Crippen LogP contribution is -2.39. The second-order valence-corrected chi connectivity index (χ2v) is 3.95. The Hall–Kier alpha value is -0.770. The highest BCUT2D eigenvalue weighted by atomic mass is 32.1. The molecule has 13 heavy (non-hydrogen) atoms. The van der Waals surface area contributed by atoms with Gasteiger partial charge in [-0.15, -0.1) is 0 Å². The van der Waals surface area contributed by atoms with E-state index in [9.17, 15) is 0 Å². The van der Waals surface area contributed by atoms with Crippen molar-refractivity contribution in [3.8, 4) is 0 Å². The van der Waals surface area contributed by atoms with Crippen molar-refractivity contribution in [1.82, 2.24) is 9.66 Å². The molecule has 72 valence electrons. The molecule has 0 unspecified atom stereocenters. The molecule has 1 aliphatic rings. The van der Waals surface area contributed by atoms with Crippen LogP contribution in [0.25, 0.3) is 0 Å². The number of nitrogens with zero attached hydrogens (tertiary/aromatic N) is 2. The number of hydrogen-bond acceptors (Lipinski definition) is 2. The predicted octanol–water partition coefficient (Wildman–Crippen LogP) is 1.98. The molecule has 0 aliphatic carbocycles. The quantitative estimate of drug-likeness (QED) is 0.696. The van der Waals surface area contributed by atoms with Crippen LogP contribution in [0.1, 0.15) is 25.0 Å². The van der Waals surface area contributed by atoms with Gasteiger partial charge >= 0.3 is 0 Å². The maximum Gasteiger partial charge on any atom is 0.196 e. The number of piperidine rings is 1. The molecule has 1 aliphatic heterocycles. The van der Waals surface area contributed by atoms with Crippen molar-refractivity contribution in [3.63, 3.8) is 0 Å². The maximum absolute atomic E-state index is 5.22. The smallest absolute Gasteiger partial charge is 0.196 e. The van der Waals surface area contributed by atoms with Crippen LogP contribution >= 0.6 is 12.2 Å². The minimum Gasteiger partial charge on any atom is -0.336 e. The minimum atomic E-state index is 0.819. The summed E-state index contributed by atoms with van der Waals surface area (Å²) in [7, 11) is 0. The first kappa shape index (κ1) is 8.81. The molecule has 4 heteroatoms. The third kappa shape index (κ3) is 1.63. The lowest BCUT2D eigenvalue weighted by Gasteiger charge is -2.30. The Morgan fingerprint density at radius 2 is 2.00 bits per heavy atom. The summed E-state index contributed by atoms with van der Waals surface area (Å²) in [4.78, 5) is 3.07. The molecular formula is C9H15N3S. The molecule has 0 spiro atoms. The van der Waals surface area contributed by atoms with E-state index in [1.54, 1.807) is 0 Å². The average molecular weight is 197 g/mol. The summed E-state index contributed by atoms with van der Waals surface area (Å²) < 4.78 is 2.94. The molecule has 2 rings (SSSR count). The first-order valence-corrected chi connectivity index (χ1v) is 5.22. The molecule has 2 heterocycles. The van der Waals surface area contributed by atoms with E-state index in [0.717, 1.165) is 17.9 Å². The molecule has 1 N–H and O–H groups in total. The van der Waals surface area contributed by atoms with Gasteiger partial charge in [-0.3, -0.25) is 0 Å². The van der Waals surface area contributed by atoms with Crippen LogP contribution in [0, 0.1) is 11.7 Å². The highest BCUT2D eigenvalue weighted by molar-refractivity contribution is 7.71. The third-order valence-electron chi connectivity index (χ3n) is 2.55. The van der Waals surface area contributed by atoms with Gasteiger partial charge in [0.1, 0.15) is 0 Å². The van der Waals surface area contributed by atoms with Crippen LogP contribution in [-0.2, 0) is 0 Å². The fraction of sp³-hybridized carbons (Fsp3) is 0.667. The van der Waals surface area contributed by atoms with E-state index in [1.807, 2.05) is 6.20 Å². The Kier molecular flexibility index (Phi) is 2.40. The normalized spacial score (nSPS) is 17.8. The van der Waals surface area contributed by atoms with Gasteiger partial charge in [-0.2, -0.15) is 0 Å². The van der Waals surface area contributed by atoms with Gasteiger partial charge in [-0.05, 0) is 38.4 Å². The van der Waals surface area contributed by atoms with Gasteiger partial charge in [0.05, 0.1) is 5.69 Å². The van der Waals surface area contributed by atoms with E-state index < -0.39 is 0 Å². The van der Waals surface area contributed by atoms with Gasteiger partial charge in [0.25, 0.3) is 0 Å². The van der Waals surface area contributed by atoms with Crippen LogP contribution in [0.5, 0.6) is 0 Å². The van der Waals surface area contributed by atoms with Crippen molar-refractivity contribution in [2.45, 2.75) is 26.2 Å². The van der Waals surface area contributed by atoms with E-state index in [4.69, 9.17) is 12.2 Å². The molecule has 0 radical (unpaired) electrons. The number of H-pyrrole nitrogens is 1. The number of aromatic nitrogens is 2. The first-order chi connectivity index (χ1) is 6.29. The number of aromatic amines is 1. The summed E-state index contributed by atoms with van der Waals surface area (Å²) in [6.07, 6.45) is 5.89. The molecule has 1 saturated heterocycles. The number of aryl methyl sites for hydroxylation is 1. The summed E-state index contributed by atoms with van der Waals surface area (Å²) in [6.45, 7) is 4.35. The highest BCUT2D eigenvalue weighted by Crippen LogP contribution is 2.10. The molecule has 1 aromatic heterocycles. The molecule has 0 amide bonds. The van der Waals surface area contributed by atoms with Crippen molar-refractivity contribution in [1.29, 1.82) is 0 Å². The maximum atomic E-state index is 5.22. The Labute approximate surface area is 83.3 Å². The number of rotatable bonds is 1. The summed E-state index contributed by atoms with van der Waals surface area (Å²) in [6, 6.07) is 0. The zero-order valence-corrected chi connectivity index (χ0v) is 8.73. The standard InChI is InChI=1S/C9H15N3S/c1-8-7-10-9(13)12(8)11-5-3-2-4-6-11/h7H,2-6H2,1H3,(H,10,13). The van der Waals surface area contributed by atoms with Crippen molar-refractivity contribution < 1.29 is 0 Å². The minimum absolute atomic E-state index is 0.819. The van der Waals surface area contributed by atoms with Crippen LogP contribution in [0.15, 0.2) is 6.20 Å². The average Bonchev–Trinajstić information content (AvgIpc) is 2.48. The zero-order chi connectivity index (χ0) is 9.26. The van der Waals surface area contributed by atoms with Gasteiger partial charge in [0, 0.05) is 19.3 Å². The third-order valence-corrected chi connectivity index (χ3v) is 2.84. The monoisotopic (exact) mass is 197 g/mol. The van der Waals surface area contributed by atoms with Crippen LogP contribution < -0.4 is 5.01 Å². The second kappa shape index (κ2) is 3.54. The molecule has 0 bridgehead atoms. The SMILES string of the molecule is Cc1c[nH]c(=S)n1N1CCCCC1. The van der Waals surface area contributed by atoms with Gasteiger partial charge in [-0.1, -0.05) is 0 Å². The predicted molar refractivity (Wildman–Crippen MR) is 56.2 cm³/mol. The van der Waals surface area contributed by atoms with E-state index in [1.165, 1.54) is 25.0 Å². The molecular weight excluding hydrogens is 182 g/mol. The van der Waals surface area contributed by atoms with Crippen LogP contribution in [0.3, 0.4) is 0 Å². The van der Waals surface area contributed by atoms with Gasteiger partial charge < -0.3 is 9.99 Å². The summed E-state index contributed by atoms with van der Waals surface area (Å²) in [5.41, 5.74) is 1.20. The molecule has 0 atom stereocenters. The number of nitrogens with one attached hydrogen (secondary N) is 1. The van der Waals surface area contributed by atoms with E-state index in [0.29, 0.717) is 0 Å². The lowest BCUT2D eigenvalue weighted by molar-refractivity contribution is 0.470. The van der Waals surface area contributed by atoms with Crippen molar-refractivity contribution in [2.75, 3.05) is 18.1 Å². The van der Waals surface area contributed by atoms with Gasteiger partial charge in [0.2, 0.25) is 0 Å². The molecule has 1 fully saturated rings. The fourth-order valence-electron chi connectivity index (χ4n) is 1.88. The highest BCUT2D eigenvalue weighted by Gasteiger charge is 2.12. The summed E-state index contributed by atoms with van der Waals surface area (Å²) >= 11 is 5.22. The van der Waals surface area contributed by atoms with Crippen LogP contribution in [-0.4, -0.2) is 22.7 Å². The Morgan fingerprint density at radius 3 is 2.54 bits per heavy atom. The number of imidazole rings is 1. The van der Waals surface area contributed by atoms with Crippen molar-refractivity contribution >= 4 is 12.2 Å². The topological polar surface area (TPSA) is 24.0 Å². The molecule has 1 aromatic rings. The van der Waals surface area contributed by atoms with Crippen LogP contribution in [0.4, 0.5) is 0 Å². The summed E-state index contributed by atoms with van der Waals surface area (Å²) in [5, 5.41) is 2.33. The van der Waals surface area contributed by atoms with E-state index >= 15 is 0 Å². The van der Waals surface area contributed by atoms with E-state index in [-0.39, 0.29) is 0 Å². The largest absolute Gasteiger partial charge is 0.336 e. The van der Waals surface area contributed by atoms with Gasteiger partial charge in [-0.25, -0.2) is 4.68 Å². The fourth-order valence-corrected chi connectivity index (χ4v) is 2.20. The molecule has 3 nitrogen and oxygen atoms in total. The van der Waals surface area contributed by atoms with Gasteiger partial charge in [0.15, 0.2) is 4.77 Å². The molecule has 0 saturated carbocycles. The summed E-state index contributed by atoms with van der Waals surface area (Å²) in [5.74, 6) is 0. The lowest BCUT2D eigenvalue weighted by atomic mass is 10.2. The Morgan fingerprint density at radius 1 is 1.31 bits per heavy atom. The molecule has 0 aromatic carbocycles. The Bertz CT molecular complexity index is 333. The second-order valence-electron chi connectivity index (χ2n) is 3.56.